The van der Waals surface area contributed by atoms with Crippen LogP contribution in [0.1, 0.15) is 28.4 Å². The van der Waals surface area contributed by atoms with E-state index in [1.165, 1.54) is 0 Å². The van der Waals surface area contributed by atoms with Gasteiger partial charge in [0.15, 0.2) is 0 Å². The van der Waals surface area contributed by atoms with Crippen LogP contribution in [0.15, 0.2) is 61.2 Å². The average molecular weight is 295 g/mol. The van der Waals surface area contributed by atoms with Crippen LogP contribution in [0.25, 0.3) is 5.52 Å². The van der Waals surface area contributed by atoms with E-state index in [0.717, 1.165) is 11.1 Å². The average Bonchev–Trinajstić information content (AvgIpc) is 3.03. The van der Waals surface area contributed by atoms with Crippen molar-refractivity contribution in [3.05, 3.63) is 72.3 Å². The minimum absolute atomic E-state index is 0.149. The van der Waals surface area contributed by atoms with Crippen LogP contribution in [-0.4, -0.2) is 26.9 Å². The third kappa shape index (κ3) is 3.15. The summed E-state index contributed by atoms with van der Waals surface area (Å²) in [6.45, 7) is 0.416. The number of carbonyl (C=O) groups excluding carboxylic acids is 1. The Kier molecular flexibility index (Phi) is 4.16. The third-order valence-electron chi connectivity index (χ3n) is 3.56. The molecule has 0 spiro atoms. The van der Waals surface area contributed by atoms with Crippen molar-refractivity contribution in [3.63, 3.8) is 0 Å². The fourth-order valence-corrected chi connectivity index (χ4v) is 2.33. The number of aliphatic hydroxyl groups is 1. The molecule has 0 aliphatic heterocycles. The number of hydrogen-bond acceptors (Lipinski definition) is 3. The van der Waals surface area contributed by atoms with E-state index in [-0.39, 0.29) is 5.91 Å². The summed E-state index contributed by atoms with van der Waals surface area (Å²) in [5.74, 6) is -0.149. The monoisotopic (exact) mass is 295 g/mol. The molecule has 0 saturated heterocycles. The molecule has 5 heteroatoms. The number of rotatable bonds is 5. The molecule has 1 unspecified atom stereocenters. The second-order valence-electron chi connectivity index (χ2n) is 5.11. The van der Waals surface area contributed by atoms with Crippen molar-refractivity contribution in [3.8, 4) is 0 Å². The number of hydrogen-bond donors (Lipinski definition) is 2. The highest BCUT2D eigenvalue weighted by Crippen LogP contribution is 2.15. The zero-order chi connectivity index (χ0) is 15.4. The van der Waals surface area contributed by atoms with E-state index >= 15 is 0 Å². The summed E-state index contributed by atoms with van der Waals surface area (Å²) >= 11 is 0. The molecule has 0 aliphatic carbocycles. The van der Waals surface area contributed by atoms with Gasteiger partial charge in [-0.15, -0.1) is 0 Å². The Morgan fingerprint density at radius 3 is 2.91 bits per heavy atom. The van der Waals surface area contributed by atoms with Crippen molar-refractivity contribution in [1.29, 1.82) is 0 Å². The Bertz CT molecular complexity index is 768. The van der Waals surface area contributed by atoms with Crippen LogP contribution < -0.4 is 5.32 Å². The van der Waals surface area contributed by atoms with Crippen molar-refractivity contribution in [2.24, 2.45) is 0 Å². The minimum Gasteiger partial charge on any atom is -0.388 e. The van der Waals surface area contributed by atoms with Gasteiger partial charge < -0.3 is 14.8 Å². The number of nitrogens with one attached hydrogen (secondary N) is 1. The topological polar surface area (TPSA) is 66.6 Å². The van der Waals surface area contributed by atoms with Gasteiger partial charge in [-0.1, -0.05) is 30.3 Å². The molecule has 2 aromatic heterocycles. The first-order valence-electron chi connectivity index (χ1n) is 7.17. The van der Waals surface area contributed by atoms with Crippen LogP contribution in [0.3, 0.4) is 0 Å². The number of fused-ring (bicyclic) bond motifs is 1. The Morgan fingerprint density at radius 1 is 1.27 bits per heavy atom. The van der Waals surface area contributed by atoms with E-state index in [4.69, 9.17) is 0 Å². The highest BCUT2D eigenvalue weighted by Gasteiger charge is 2.09. The Balaban J connectivity index is 1.56. The summed E-state index contributed by atoms with van der Waals surface area (Å²) < 4.78 is 1.84. The van der Waals surface area contributed by atoms with E-state index in [1.807, 2.05) is 34.7 Å². The number of aliphatic hydroxyl groups excluding tert-OH is 1. The maximum Gasteiger partial charge on any atom is 0.251 e. The Morgan fingerprint density at radius 2 is 2.09 bits per heavy atom. The van der Waals surface area contributed by atoms with Crippen molar-refractivity contribution in [2.45, 2.75) is 12.5 Å². The molecule has 0 fully saturated rings. The zero-order valence-corrected chi connectivity index (χ0v) is 12.0. The lowest BCUT2D eigenvalue weighted by Gasteiger charge is -2.11. The first kappa shape index (κ1) is 14.3. The largest absolute Gasteiger partial charge is 0.388 e. The van der Waals surface area contributed by atoms with Crippen molar-refractivity contribution in [2.75, 3.05) is 6.54 Å². The molecule has 22 heavy (non-hydrogen) atoms. The summed E-state index contributed by atoms with van der Waals surface area (Å²) in [5.41, 5.74) is 2.32. The van der Waals surface area contributed by atoms with Gasteiger partial charge in [0.05, 0.1) is 24.1 Å². The zero-order valence-electron chi connectivity index (χ0n) is 12.0. The van der Waals surface area contributed by atoms with Gasteiger partial charge in [-0.25, -0.2) is 4.98 Å². The summed E-state index contributed by atoms with van der Waals surface area (Å²) in [6.07, 6.45) is 5.10. The van der Waals surface area contributed by atoms with Crippen molar-refractivity contribution >= 4 is 11.4 Å². The number of imidazole rings is 1. The summed E-state index contributed by atoms with van der Waals surface area (Å²) in [7, 11) is 0. The highest BCUT2D eigenvalue weighted by atomic mass is 16.3. The Labute approximate surface area is 128 Å². The lowest BCUT2D eigenvalue weighted by atomic mass is 10.1. The summed E-state index contributed by atoms with van der Waals surface area (Å²) in [6, 6.07) is 13.0. The Hall–Kier alpha value is -2.66. The molecular weight excluding hydrogens is 278 g/mol. The van der Waals surface area contributed by atoms with E-state index in [0.29, 0.717) is 18.5 Å². The molecule has 1 atom stereocenters. The number of amides is 1. The molecule has 1 amide bonds. The number of aromatic nitrogens is 2. The molecule has 2 heterocycles. The SMILES string of the molecule is O=C(NCCC(O)c1ccccc1)c1ccn2cncc2c1. The van der Waals surface area contributed by atoms with Gasteiger partial charge in [-0.05, 0) is 24.1 Å². The van der Waals surface area contributed by atoms with Crippen LogP contribution in [0.4, 0.5) is 0 Å². The molecule has 2 N–H and O–H groups in total. The first-order valence-corrected chi connectivity index (χ1v) is 7.17. The molecule has 1 aromatic carbocycles. The molecule has 5 nitrogen and oxygen atoms in total. The van der Waals surface area contributed by atoms with Crippen molar-refractivity contribution in [1.82, 2.24) is 14.7 Å². The smallest absolute Gasteiger partial charge is 0.251 e. The number of carbonyl (C=O) groups is 1. The van der Waals surface area contributed by atoms with E-state index < -0.39 is 6.10 Å². The predicted octanol–water partition coefficient (Wildman–Crippen LogP) is 2.19. The van der Waals surface area contributed by atoms with Gasteiger partial charge in [0, 0.05) is 18.3 Å². The van der Waals surface area contributed by atoms with Crippen LogP contribution in [-0.2, 0) is 0 Å². The van der Waals surface area contributed by atoms with Crippen LogP contribution >= 0.6 is 0 Å². The van der Waals surface area contributed by atoms with E-state index in [9.17, 15) is 9.90 Å². The molecule has 0 aliphatic rings. The van der Waals surface area contributed by atoms with E-state index in [2.05, 4.69) is 10.3 Å². The van der Waals surface area contributed by atoms with Crippen LogP contribution in [0.2, 0.25) is 0 Å². The van der Waals surface area contributed by atoms with Crippen molar-refractivity contribution < 1.29 is 9.90 Å². The number of pyridine rings is 1. The molecule has 3 rings (SSSR count). The minimum atomic E-state index is -0.571. The predicted molar refractivity (Wildman–Crippen MR) is 83.5 cm³/mol. The standard InChI is InChI=1S/C17H17N3O2/c21-16(13-4-2-1-3-5-13)6-8-19-17(22)14-7-9-20-12-18-11-15(20)10-14/h1-5,7,9-12,16,21H,6,8H2,(H,19,22). The highest BCUT2D eigenvalue weighted by molar-refractivity contribution is 5.95. The number of benzene rings is 1. The first-order chi connectivity index (χ1) is 10.7. The fourth-order valence-electron chi connectivity index (χ4n) is 2.33. The van der Waals surface area contributed by atoms with Gasteiger partial charge in [-0.3, -0.25) is 4.79 Å². The fraction of sp³-hybridized carbons (Fsp3) is 0.176. The normalized spacial score (nSPS) is 12.2. The molecule has 0 saturated carbocycles. The van der Waals surface area contributed by atoms with Gasteiger partial charge in [0.25, 0.3) is 5.91 Å². The van der Waals surface area contributed by atoms with Gasteiger partial charge >= 0.3 is 0 Å². The second kappa shape index (κ2) is 6.41. The summed E-state index contributed by atoms with van der Waals surface area (Å²) in [5, 5.41) is 12.9. The molecule has 3 aromatic rings. The molecule has 0 radical (unpaired) electrons. The van der Waals surface area contributed by atoms with Crippen LogP contribution in [0.5, 0.6) is 0 Å². The van der Waals surface area contributed by atoms with E-state index in [1.54, 1.807) is 30.9 Å². The number of nitrogens with zero attached hydrogens (tertiary/aromatic N) is 2. The van der Waals surface area contributed by atoms with Gasteiger partial charge in [-0.2, -0.15) is 0 Å². The molecular formula is C17H17N3O2. The van der Waals surface area contributed by atoms with Gasteiger partial charge in [0.1, 0.15) is 0 Å². The lowest BCUT2D eigenvalue weighted by molar-refractivity contribution is 0.0942. The molecule has 112 valence electrons. The van der Waals surface area contributed by atoms with Gasteiger partial charge in [0.2, 0.25) is 0 Å². The lowest BCUT2D eigenvalue weighted by Crippen LogP contribution is -2.25. The van der Waals surface area contributed by atoms with Crippen LogP contribution in [0, 0.1) is 0 Å². The third-order valence-corrected chi connectivity index (χ3v) is 3.56. The quantitative estimate of drug-likeness (QED) is 0.758. The maximum absolute atomic E-state index is 12.1. The summed E-state index contributed by atoms with van der Waals surface area (Å²) in [4.78, 5) is 16.1. The second-order valence-corrected chi connectivity index (χ2v) is 5.11. The molecule has 0 bridgehead atoms. The maximum atomic E-state index is 12.1.